The zero-order valence-electron chi connectivity index (χ0n) is 6.45. The van der Waals surface area contributed by atoms with E-state index >= 15 is 0 Å². The van der Waals surface area contributed by atoms with Crippen LogP contribution in [0.5, 0.6) is 0 Å². The first kappa shape index (κ1) is 7.07. The predicted molar refractivity (Wildman–Crippen MR) is 39.7 cm³/mol. The molecule has 0 aromatic carbocycles. The molecule has 1 aliphatic heterocycles. The number of rotatable bonds is 5. The maximum absolute atomic E-state index is 2.27. The highest BCUT2D eigenvalue weighted by atomic mass is 15.2. The summed E-state index contributed by atoms with van der Waals surface area (Å²) in [5.74, 6) is 0. The lowest BCUT2D eigenvalue weighted by molar-refractivity contribution is -0.758. The van der Waals surface area contributed by atoms with Gasteiger partial charge in [-0.25, -0.2) is 0 Å². The van der Waals surface area contributed by atoms with Crippen molar-refractivity contribution in [3.05, 3.63) is 0 Å². The van der Waals surface area contributed by atoms with Gasteiger partial charge in [-0.05, 0) is 12.8 Å². The lowest BCUT2D eigenvalue weighted by Crippen LogP contribution is -2.92. The van der Waals surface area contributed by atoms with Gasteiger partial charge < -0.3 is 4.90 Å². The van der Waals surface area contributed by atoms with Crippen molar-refractivity contribution in [1.82, 2.24) is 0 Å². The largest absolute Gasteiger partial charge is 0.326 e. The van der Waals surface area contributed by atoms with Crippen molar-refractivity contribution in [3.63, 3.8) is 0 Å². The summed E-state index contributed by atoms with van der Waals surface area (Å²) in [5.41, 5.74) is 0. The molecule has 1 saturated heterocycles. The van der Waals surface area contributed by atoms with Gasteiger partial charge in [-0.1, -0.05) is 19.8 Å². The lowest BCUT2D eigenvalue weighted by Gasteiger charge is -1.95. The van der Waals surface area contributed by atoms with Crippen LogP contribution in [0, 0.1) is 0 Å². The molecule has 1 heteroatoms. The van der Waals surface area contributed by atoms with E-state index in [9.17, 15) is 0 Å². The summed E-state index contributed by atoms with van der Waals surface area (Å²) >= 11 is 0. The molecule has 1 N–H and O–H groups in total. The van der Waals surface area contributed by atoms with Gasteiger partial charge in [-0.2, -0.15) is 0 Å². The number of nitrogens with one attached hydrogen (secondary N) is 1. The number of hydrogen-bond donors (Lipinski definition) is 1. The number of hydrogen-bond acceptors (Lipinski definition) is 0. The van der Waals surface area contributed by atoms with E-state index in [1.807, 2.05) is 4.90 Å². The van der Waals surface area contributed by atoms with E-state index in [1.54, 1.807) is 0 Å². The molecule has 0 atom stereocenters. The Labute approximate surface area is 58.0 Å². The van der Waals surface area contributed by atoms with E-state index in [-0.39, 0.29) is 0 Å². The van der Waals surface area contributed by atoms with Crippen LogP contribution >= 0.6 is 0 Å². The third-order valence-electron chi connectivity index (χ3n) is 1.99. The van der Waals surface area contributed by atoms with Gasteiger partial charge in [0.15, 0.2) is 0 Å². The van der Waals surface area contributed by atoms with E-state index in [1.165, 1.54) is 45.3 Å². The standard InChI is InChI=1S/C8H17N/c1-2-3-4-5-6-9-7-8-9/h2-8H2,1H3/p+1. The predicted octanol–water partition coefficient (Wildman–Crippen LogP) is 0.465. The molecule has 0 unspecified atom stereocenters. The van der Waals surface area contributed by atoms with Crippen LogP contribution in [0.3, 0.4) is 0 Å². The SMILES string of the molecule is CCCCCC[NH+]1CC1. The molecule has 0 aromatic heterocycles. The zero-order chi connectivity index (χ0) is 6.53. The molecule has 0 amide bonds. The van der Waals surface area contributed by atoms with Gasteiger partial charge >= 0.3 is 0 Å². The molecule has 0 saturated carbocycles. The minimum absolute atomic E-state index is 1.37. The molecule has 0 aromatic rings. The average Bonchev–Trinajstić information content (AvgIpc) is 2.63. The molecule has 0 radical (unpaired) electrons. The van der Waals surface area contributed by atoms with Gasteiger partial charge in [0.1, 0.15) is 13.1 Å². The molecule has 1 heterocycles. The Morgan fingerprint density at radius 2 is 1.89 bits per heavy atom. The molecule has 0 aliphatic carbocycles. The maximum Gasteiger partial charge on any atom is 0.127 e. The summed E-state index contributed by atoms with van der Waals surface area (Å²) in [4.78, 5) is 1.83. The highest BCUT2D eigenvalue weighted by molar-refractivity contribution is 4.43. The fraction of sp³-hybridized carbons (Fsp3) is 1.00. The normalized spacial score (nSPS) is 18.3. The van der Waals surface area contributed by atoms with Crippen molar-refractivity contribution < 1.29 is 4.90 Å². The second kappa shape index (κ2) is 3.89. The smallest absolute Gasteiger partial charge is 0.127 e. The molecule has 1 rings (SSSR count). The van der Waals surface area contributed by atoms with Crippen LogP contribution in [0.2, 0.25) is 0 Å². The molecule has 0 bridgehead atoms. The molecular weight excluding hydrogens is 110 g/mol. The molecule has 1 fully saturated rings. The van der Waals surface area contributed by atoms with Gasteiger partial charge in [0.05, 0.1) is 6.54 Å². The molecule has 54 valence electrons. The van der Waals surface area contributed by atoms with E-state index in [0.29, 0.717) is 0 Å². The Kier molecular flexibility index (Phi) is 3.05. The van der Waals surface area contributed by atoms with E-state index in [4.69, 9.17) is 0 Å². The summed E-state index contributed by atoms with van der Waals surface area (Å²) < 4.78 is 0. The monoisotopic (exact) mass is 128 g/mol. The van der Waals surface area contributed by atoms with Crippen molar-refractivity contribution in [3.8, 4) is 0 Å². The van der Waals surface area contributed by atoms with Crippen molar-refractivity contribution in [2.24, 2.45) is 0 Å². The zero-order valence-corrected chi connectivity index (χ0v) is 6.45. The summed E-state index contributed by atoms with van der Waals surface area (Å²) in [6, 6.07) is 0. The number of unbranched alkanes of at least 4 members (excludes halogenated alkanes) is 3. The van der Waals surface area contributed by atoms with Crippen LogP contribution in [0.1, 0.15) is 32.6 Å². The van der Waals surface area contributed by atoms with Gasteiger partial charge in [0, 0.05) is 0 Å². The lowest BCUT2D eigenvalue weighted by atomic mass is 10.2. The van der Waals surface area contributed by atoms with Crippen molar-refractivity contribution in [2.75, 3.05) is 19.6 Å². The maximum atomic E-state index is 2.27. The topological polar surface area (TPSA) is 4.44 Å². The summed E-state index contributed by atoms with van der Waals surface area (Å²) in [7, 11) is 0. The van der Waals surface area contributed by atoms with Gasteiger partial charge in [-0.3, -0.25) is 0 Å². The minimum atomic E-state index is 1.37. The Morgan fingerprint density at radius 1 is 1.11 bits per heavy atom. The Balaban J connectivity index is 1.71. The third-order valence-corrected chi connectivity index (χ3v) is 1.99. The first-order valence-electron chi connectivity index (χ1n) is 4.27. The van der Waals surface area contributed by atoms with E-state index in [2.05, 4.69) is 6.92 Å². The van der Waals surface area contributed by atoms with Crippen LogP contribution in [-0.2, 0) is 0 Å². The average molecular weight is 128 g/mol. The van der Waals surface area contributed by atoms with Crippen LogP contribution < -0.4 is 4.90 Å². The fourth-order valence-corrected chi connectivity index (χ4v) is 1.14. The Hall–Kier alpha value is -0.0400. The first-order valence-corrected chi connectivity index (χ1v) is 4.27. The molecular formula is C8H18N+. The summed E-state index contributed by atoms with van der Waals surface area (Å²) in [6.07, 6.45) is 5.73. The summed E-state index contributed by atoms with van der Waals surface area (Å²) in [5, 5.41) is 0. The van der Waals surface area contributed by atoms with Crippen LogP contribution in [0.15, 0.2) is 0 Å². The molecule has 9 heavy (non-hydrogen) atoms. The Morgan fingerprint density at radius 3 is 2.44 bits per heavy atom. The van der Waals surface area contributed by atoms with Crippen LogP contribution in [-0.4, -0.2) is 19.6 Å². The van der Waals surface area contributed by atoms with Gasteiger partial charge in [-0.15, -0.1) is 0 Å². The fourth-order valence-electron chi connectivity index (χ4n) is 1.14. The molecule has 1 nitrogen and oxygen atoms in total. The number of quaternary nitrogens is 1. The minimum Gasteiger partial charge on any atom is -0.326 e. The van der Waals surface area contributed by atoms with Crippen molar-refractivity contribution >= 4 is 0 Å². The summed E-state index contributed by atoms with van der Waals surface area (Å²) in [6.45, 7) is 6.61. The van der Waals surface area contributed by atoms with Crippen molar-refractivity contribution in [2.45, 2.75) is 32.6 Å². The second-order valence-electron chi connectivity index (χ2n) is 3.06. The third kappa shape index (κ3) is 3.52. The second-order valence-corrected chi connectivity index (χ2v) is 3.06. The van der Waals surface area contributed by atoms with Gasteiger partial charge in [0.25, 0.3) is 0 Å². The molecule has 1 aliphatic rings. The highest BCUT2D eigenvalue weighted by Crippen LogP contribution is 1.96. The quantitative estimate of drug-likeness (QED) is 0.405. The van der Waals surface area contributed by atoms with Crippen LogP contribution in [0.4, 0.5) is 0 Å². The first-order chi connectivity index (χ1) is 4.43. The molecule has 0 spiro atoms. The highest BCUT2D eigenvalue weighted by Gasteiger charge is 2.20. The van der Waals surface area contributed by atoms with Gasteiger partial charge in [0.2, 0.25) is 0 Å². The Bertz CT molecular complexity index is 67.0. The van der Waals surface area contributed by atoms with Crippen molar-refractivity contribution in [1.29, 1.82) is 0 Å². The van der Waals surface area contributed by atoms with Crippen LogP contribution in [0.25, 0.3) is 0 Å². The van der Waals surface area contributed by atoms with E-state index in [0.717, 1.165) is 0 Å². The van der Waals surface area contributed by atoms with E-state index < -0.39 is 0 Å².